The first kappa shape index (κ1) is 12.0. The third-order valence-electron chi connectivity index (χ3n) is 6.02. The molecule has 0 aliphatic heterocycles. The summed E-state index contributed by atoms with van der Waals surface area (Å²) in [6.07, 6.45) is 9.41. The topological polar surface area (TPSA) is 60.9 Å². The second-order valence-electron chi connectivity index (χ2n) is 7.46. The van der Waals surface area contributed by atoms with Crippen molar-refractivity contribution in [3.8, 4) is 0 Å². The van der Waals surface area contributed by atoms with E-state index in [1.807, 2.05) is 12.4 Å². The molecule has 0 amide bonds. The molecule has 4 aliphatic rings. The number of aromatic nitrogens is 2. The van der Waals surface area contributed by atoms with Crippen LogP contribution in [-0.2, 0) is 0 Å². The normalized spacial score (nSPS) is 40.8. The molecule has 4 bridgehead atoms. The number of H-pyrrole nitrogens is 1. The summed E-state index contributed by atoms with van der Waals surface area (Å²) in [5.41, 5.74) is 1.78. The predicted molar refractivity (Wildman–Crippen MR) is 82.0 cm³/mol. The molecular weight excluding hydrogens is 262 g/mol. The average Bonchev–Trinajstić information content (AvgIpc) is 2.90. The van der Waals surface area contributed by atoms with Gasteiger partial charge in [-0.3, -0.25) is 0 Å². The van der Waals surface area contributed by atoms with Crippen LogP contribution in [0.4, 0.5) is 5.69 Å². The van der Waals surface area contributed by atoms with E-state index in [1.54, 1.807) is 0 Å². The Kier molecular flexibility index (Phi) is 2.30. The van der Waals surface area contributed by atoms with Crippen LogP contribution < -0.4 is 5.32 Å². The number of rotatable bonds is 2. The van der Waals surface area contributed by atoms with Gasteiger partial charge in [-0.15, -0.1) is 0 Å². The van der Waals surface area contributed by atoms with Crippen LogP contribution in [0.3, 0.4) is 0 Å². The number of aliphatic hydroxyl groups is 1. The van der Waals surface area contributed by atoms with Gasteiger partial charge in [0.05, 0.1) is 5.60 Å². The summed E-state index contributed by atoms with van der Waals surface area (Å²) in [7, 11) is 0. The minimum absolute atomic E-state index is 0.351. The van der Waals surface area contributed by atoms with E-state index in [9.17, 15) is 5.11 Å². The highest BCUT2D eigenvalue weighted by atomic mass is 16.3. The van der Waals surface area contributed by atoms with Crippen molar-refractivity contribution in [1.82, 2.24) is 9.97 Å². The Hall–Kier alpha value is -1.55. The summed E-state index contributed by atoms with van der Waals surface area (Å²) < 4.78 is 0. The molecule has 0 radical (unpaired) electrons. The van der Waals surface area contributed by atoms with Gasteiger partial charge in [0, 0.05) is 29.5 Å². The number of hydrogen-bond acceptors (Lipinski definition) is 3. The third kappa shape index (κ3) is 1.75. The molecule has 4 fully saturated rings. The van der Waals surface area contributed by atoms with E-state index < -0.39 is 0 Å². The van der Waals surface area contributed by atoms with Crippen LogP contribution in [0.25, 0.3) is 11.0 Å². The van der Waals surface area contributed by atoms with Crippen LogP contribution in [-0.4, -0.2) is 26.7 Å². The highest BCUT2D eigenvalue weighted by molar-refractivity contribution is 5.89. The first-order chi connectivity index (χ1) is 10.2. The van der Waals surface area contributed by atoms with Crippen LogP contribution >= 0.6 is 0 Å². The fourth-order valence-electron chi connectivity index (χ4n) is 5.48. The molecule has 110 valence electrons. The standard InChI is InChI=1S/C17H21N3O/c21-17-7-10-5-11(8-17)15(12(6-10)9-17)20-14-2-4-19-16-13(14)1-3-18-16/h1-4,10-12,15,21H,5-9H2,(H2,18,19,20)/t10?,11-,12+,15+,17-. The highest BCUT2D eigenvalue weighted by Crippen LogP contribution is 2.56. The van der Waals surface area contributed by atoms with Gasteiger partial charge in [-0.05, 0) is 62.0 Å². The Balaban J connectivity index is 1.48. The van der Waals surface area contributed by atoms with Crippen LogP contribution in [0.5, 0.6) is 0 Å². The van der Waals surface area contributed by atoms with E-state index in [-0.39, 0.29) is 5.60 Å². The van der Waals surface area contributed by atoms with Gasteiger partial charge < -0.3 is 15.4 Å². The molecule has 1 unspecified atom stereocenters. The summed E-state index contributed by atoms with van der Waals surface area (Å²) in [4.78, 5) is 7.54. The van der Waals surface area contributed by atoms with Crippen molar-refractivity contribution >= 4 is 16.7 Å². The number of fused-ring (bicyclic) bond motifs is 1. The fourth-order valence-corrected chi connectivity index (χ4v) is 5.48. The minimum atomic E-state index is -0.351. The molecule has 2 heterocycles. The monoisotopic (exact) mass is 283 g/mol. The molecule has 6 rings (SSSR count). The molecule has 4 nitrogen and oxygen atoms in total. The molecule has 4 heteroatoms. The van der Waals surface area contributed by atoms with Crippen molar-refractivity contribution in [2.45, 2.75) is 43.7 Å². The lowest BCUT2D eigenvalue weighted by atomic mass is 9.52. The Morgan fingerprint density at radius 2 is 2.00 bits per heavy atom. The smallest absolute Gasteiger partial charge is 0.139 e. The predicted octanol–water partition coefficient (Wildman–Crippen LogP) is 2.91. The zero-order valence-corrected chi connectivity index (χ0v) is 12.0. The van der Waals surface area contributed by atoms with E-state index >= 15 is 0 Å². The van der Waals surface area contributed by atoms with Gasteiger partial charge in [0.2, 0.25) is 0 Å². The average molecular weight is 283 g/mol. The first-order valence-electron chi connectivity index (χ1n) is 8.11. The molecule has 0 saturated heterocycles. The van der Waals surface area contributed by atoms with Crippen molar-refractivity contribution in [1.29, 1.82) is 0 Å². The van der Waals surface area contributed by atoms with Gasteiger partial charge in [0.15, 0.2) is 0 Å². The Morgan fingerprint density at radius 3 is 2.76 bits per heavy atom. The second kappa shape index (κ2) is 4.01. The largest absolute Gasteiger partial charge is 0.390 e. The molecule has 2 aromatic rings. The van der Waals surface area contributed by atoms with E-state index in [2.05, 4.69) is 27.4 Å². The van der Waals surface area contributed by atoms with Gasteiger partial charge in [-0.2, -0.15) is 0 Å². The molecule has 5 atom stereocenters. The fraction of sp³-hybridized carbons (Fsp3) is 0.588. The summed E-state index contributed by atoms with van der Waals surface area (Å²) in [6.45, 7) is 0. The van der Waals surface area contributed by atoms with Crippen molar-refractivity contribution in [3.63, 3.8) is 0 Å². The van der Waals surface area contributed by atoms with Gasteiger partial charge in [0.1, 0.15) is 5.65 Å². The van der Waals surface area contributed by atoms with E-state index in [0.717, 1.165) is 30.8 Å². The van der Waals surface area contributed by atoms with Crippen LogP contribution in [0, 0.1) is 17.8 Å². The number of nitrogens with one attached hydrogen (secondary N) is 2. The molecule has 0 spiro atoms. The van der Waals surface area contributed by atoms with E-state index in [1.165, 1.54) is 23.9 Å². The number of nitrogens with zero attached hydrogens (tertiary/aromatic N) is 1. The van der Waals surface area contributed by atoms with Crippen molar-refractivity contribution in [2.24, 2.45) is 17.8 Å². The molecule has 21 heavy (non-hydrogen) atoms. The maximum absolute atomic E-state index is 10.7. The van der Waals surface area contributed by atoms with E-state index in [4.69, 9.17) is 0 Å². The van der Waals surface area contributed by atoms with Gasteiger partial charge in [-0.25, -0.2) is 4.98 Å². The number of aromatic amines is 1. The number of pyridine rings is 1. The molecule has 0 aromatic carbocycles. The lowest BCUT2D eigenvalue weighted by molar-refractivity contribution is -0.129. The molecule has 4 aliphatic carbocycles. The summed E-state index contributed by atoms with van der Waals surface area (Å²) in [5.74, 6) is 2.02. The van der Waals surface area contributed by atoms with Gasteiger partial charge in [0.25, 0.3) is 0 Å². The zero-order valence-electron chi connectivity index (χ0n) is 12.0. The maximum atomic E-state index is 10.7. The molecule has 2 aromatic heterocycles. The molecule has 4 saturated carbocycles. The van der Waals surface area contributed by atoms with Crippen LogP contribution in [0.2, 0.25) is 0 Å². The number of hydrogen-bond donors (Lipinski definition) is 3. The third-order valence-corrected chi connectivity index (χ3v) is 6.02. The highest BCUT2D eigenvalue weighted by Gasteiger charge is 2.54. The number of anilines is 1. The summed E-state index contributed by atoms with van der Waals surface area (Å²) in [5, 5.41) is 15.7. The SMILES string of the molecule is O[C@]12CC3C[C@H](C1)[C@H](Nc1ccnc4[nH]ccc14)[C@@H](C3)C2. The first-order valence-corrected chi connectivity index (χ1v) is 8.11. The summed E-state index contributed by atoms with van der Waals surface area (Å²) >= 11 is 0. The zero-order chi connectivity index (χ0) is 14.0. The summed E-state index contributed by atoms with van der Waals surface area (Å²) in [6, 6.07) is 4.69. The Bertz CT molecular complexity index is 678. The lowest BCUT2D eigenvalue weighted by Gasteiger charge is -2.58. The lowest BCUT2D eigenvalue weighted by Crippen LogP contribution is -2.58. The molecule has 3 N–H and O–H groups in total. The second-order valence-corrected chi connectivity index (χ2v) is 7.46. The van der Waals surface area contributed by atoms with Crippen LogP contribution in [0.1, 0.15) is 32.1 Å². The van der Waals surface area contributed by atoms with Crippen molar-refractivity contribution in [2.75, 3.05) is 5.32 Å². The van der Waals surface area contributed by atoms with Crippen molar-refractivity contribution < 1.29 is 5.11 Å². The van der Waals surface area contributed by atoms with Crippen LogP contribution in [0.15, 0.2) is 24.5 Å². The maximum Gasteiger partial charge on any atom is 0.139 e. The minimum Gasteiger partial charge on any atom is -0.390 e. The Morgan fingerprint density at radius 1 is 1.19 bits per heavy atom. The van der Waals surface area contributed by atoms with Crippen molar-refractivity contribution in [3.05, 3.63) is 24.5 Å². The Labute approximate surface area is 124 Å². The molecular formula is C17H21N3O. The van der Waals surface area contributed by atoms with Gasteiger partial charge in [-0.1, -0.05) is 0 Å². The van der Waals surface area contributed by atoms with E-state index in [0.29, 0.717) is 17.9 Å². The van der Waals surface area contributed by atoms with Gasteiger partial charge >= 0.3 is 0 Å². The quantitative estimate of drug-likeness (QED) is 0.794.